The van der Waals surface area contributed by atoms with Gasteiger partial charge >= 0.3 is 0 Å². The molecule has 3 rings (SSSR count). The molecule has 2 aliphatic rings. The number of rotatable bonds is 3. The van der Waals surface area contributed by atoms with Gasteiger partial charge in [0.1, 0.15) is 16.9 Å². The van der Waals surface area contributed by atoms with Crippen molar-refractivity contribution in [3.8, 4) is 0 Å². The van der Waals surface area contributed by atoms with Gasteiger partial charge in [-0.2, -0.15) is 0 Å². The second-order valence-corrected chi connectivity index (χ2v) is 6.20. The van der Waals surface area contributed by atoms with Crippen LogP contribution >= 0.6 is 23.2 Å². The van der Waals surface area contributed by atoms with Gasteiger partial charge in [-0.1, -0.05) is 23.2 Å². The Morgan fingerprint density at radius 2 is 2.00 bits per heavy atom. The zero-order valence-electron chi connectivity index (χ0n) is 11.3. The van der Waals surface area contributed by atoms with E-state index < -0.39 is 6.04 Å². The molecule has 0 radical (unpaired) electrons. The number of amides is 2. The van der Waals surface area contributed by atoms with Gasteiger partial charge in [-0.15, -0.1) is 0 Å². The Balaban J connectivity index is 1.78. The molecule has 0 aromatic carbocycles. The molecular weight excluding hydrogens is 313 g/mol. The quantitative estimate of drug-likeness (QED) is 0.866. The van der Waals surface area contributed by atoms with Crippen molar-refractivity contribution in [3.05, 3.63) is 28.0 Å². The van der Waals surface area contributed by atoms with Gasteiger partial charge in [0, 0.05) is 12.6 Å². The van der Waals surface area contributed by atoms with Gasteiger partial charge in [0.25, 0.3) is 5.91 Å². The van der Waals surface area contributed by atoms with Crippen LogP contribution in [0.3, 0.4) is 0 Å². The van der Waals surface area contributed by atoms with Crippen LogP contribution in [-0.4, -0.2) is 40.3 Å². The average molecular weight is 328 g/mol. The van der Waals surface area contributed by atoms with Gasteiger partial charge in [0.05, 0.1) is 5.02 Å². The smallest absolute Gasteiger partial charge is 0.274 e. The van der Waals surface area contributed by atoms with E-state index in [9.17, 15) is 9.59 Å². The molecule has 1 aromatic heterocycles. The topological polar surface area (TPSA) is 62.3 Å². The highest BCUT2D eigenvalue weighted by Gasteiger charge is 2.37. The van der Waals surface area contributed by atoms with E-state index in [0.717, 1.165) is 19.3 Å². The molecular formula is C14H15Cl2N3O2. The summed E-state index contributed by atoms with van der Waals surface area (Å²) in [6, 6.07) is 2.92. The van der Waals surface area contributed by atoms with E-state index in [1.165, 1.54) is 6.07 Å². The maximum Gasteiger partial charge on any atom is 0.274 e. The van der Waals surface area contributed by atoms with Crippen molar-refractivity contribution in [2.45, 2.75) is 37.8 Å². The van der Waals surface area contributed by atoms with Crippen LogP contribution in [0, 0.1) is 0 Å². The molecule has 1 aliphatic heterocycles. The van der Waals surface area contributed by atoms with E-state index in [4.69, 9.17) is 23.2 Å². The summed E-state index contributed by atoms with van der Waals surface area (Å²) in [5, 5.41) is 3.40. The van der Waals surface area contributed by atoms with E-state index in [1.54, 1.807) is 11.0 Å². The molecule has 112 valence electrons. The molecule has 2 heterocycles. The molecule has 1 saturated heterocycles. The van der Waals surface area contributed by atoms with Crippen LogP contribution in [0.2, 0.25) is 10.2 Å². The van der Waals surface area contributed by atoms with Crippen LogP contribution in [-0.2, 0) is 4.79 Å². The number of likely N-dealkylation sites (tertiary alicyclic amines) is 1. The minimum absolute atomic E-state index is 0.0819. The Morgan fingerprint density at radius 3 is 2.71 bits per heavy atom. The third-order valence-corrected chi connectivity index (χ3v) is 4.27. The lowest BCUT2D eigenvalue weighted by Gasteiger charge is -2.24. The summed E-state index contributed by atoms with van der Waals surface area (Å²) in [6.45, 7) is 0.534. The number of carbonyl (C=O) groups is 2. The first kappa shape index (κ1) is 14.6. The lowest BCUT2D eigenvalue weighted by atomic mass is 10.2. The van der Waals surface area contributed by atoms with E-state index in [1.807, 2.05) is 0 Å². The number of pyridine rings is 1. The van der Waals surface area contributed by atoms with Gasteiger partial charge in [0.15, 0.2) is 0 Å². The highest BCUT2D eigenvalue weighted by molar-refractivity contribution is 6.34. The fourth-order valence-electron chi connectivity index (χ4n) is 2.51. The lowest BCUT2D eigenvalue weighted by molar-refractivity contribution is -0.125. The summed E-state index contributed by atoms with van der Waals surface area (Å²) in [4.78, 5) is 30.3. The average Bonchev–Trinajstić information content (AvgIpc) is 3.13. The van der Waals surface area contributed by atoms with Gasteiger partial charge in [-0.05, 0) is 37.8 Å². The Morgan fingerprint density at radius 1 is 1.24 bits per heavy atom. The van der Waals surface area contributed by atoms with Crippen molar-refractivity contribution in [1.82, 2.24) is 15.2 Å². The van der Waals surface area contributed by atoms with Crippen molar-refractivity contribution in [3.63, 3.8) is 0 Å². The number of hydrogen-bond acceptors (Lipinski definition) is 3. The van der Waals surface area contributed by atoms with Crippen LogP contribution in [0.15, 0.2) is 12.1 Å². The van der Waals surface area contributed by atoms with Crippen LogP contribution in [0.25, 0.3) is 0 Å². The first-order valence-corrected chi connectivity index (χ1v) is 7.75. The van der Waals surface area contributed by atoms with E-state index >= 15 is 0 Å². The molecule has 7 heteroatoms. The second kappa shape index (κ2) is 5.81. The summed E-state index contributed by atoms with van der Waals surface area (Å²) < 4.78 is 0. The lowest BCUT2D eigenvalue weighted by Crippen LogP contribution is -2.46. The number of aromatic nitrogens is 1. The maximum absolute atomic E-state index is 12.6. The van der Waals surface area contributed by atoms with Crippen LogP contribution < -0.4 is 5.32 Å². The number of nitrogens with one attached hydrogen (secondary N) is 1. The summed E-state index contributed by atoms with van der Waals surface area (Å²) in [7, 11) is 0. The first-order valence-electron chi connectivity index (χ1n) is 6.99. The van der Waals surface area contributed by atoms with E-state index in [-0.39, 0.29) is 33.7 Å². The van der Waals surface area contributed by atoms with Gasteiger partial charge < -0.3 is 10.2 Å². The highest BCUT2D eigenvalue weighted by atomic mass is 35.5. The van der Waals surface area contributed by atoms with Gasteiger partial charge in [-0.25, -0.2) is 4.98 Å². The maximum atomic E-state index is 12.6. The third-order valence-electron chi connectivity index (χ3n) is 3.75. The molecule has 0 bridgehead atoms. The molecule has 2 amide bonds. The normalized spacial score (nSPS) is 21.4. The predicted octanol–water partition coefficient (Wildman–Crippen LogP) is 2.27. The Labute approximate surface area is 132 Å². The monoisotopic (exact) mass is 327 g/mol. The van der Waals surface area contributed by atoms with Crippen LogP contribution in [0.1, 0.15) is 36.2 Å². The molecule has 21 heavy (non-hydrogen) atoms. The highest BCUT2D eigenvalue weighted by Crippen LogP contribution is 2.25. The summed E-state index contributed by atoms with van der Waals surface area (Å²) >= 11 is 11.8. The fourth-order valence-corrected chi connectivity index (χ4v) is 2.85. The Bertz CT molecular complexity index is 590. The van der Waals surface area contributed by atoms with Crippen LogP contribution in [0.4, 0.5) is 0 Å². The summed E-state index contributed by atoms with van der Waals surface area (Å²) in [5.74, 6) is -0.419. The fraction of sp³-hybridized carbons (Fsp3) is 0.500. The summed E-state index contributed by atoms with van der Waals surface area (Å²) in [6.07, 6.45) is 3.51. The van der Waals surface area contributed by atoms with Crippen molar-refractivity contribution >= 4 is 35.0 Å². The van der Waals surface area contributed by atoms with Crippen molar-refractivity contribution in [2.24, 2.45) is 0 Å². The van der Waals surface area contributed by atoms with Gasteiger partial charge in [0.2, 0.25) is 5.91 Å². The molecule has 1 atom stereocenters. The van der Waals surface area contributed by atoms with E-state index in [0.29, 0.717) is 13.0 Å². The van der Waals surface area contributed by atoms with Crippen molar-refractivity contribution in [1.29, 1.82) is 0 Å². The SMILES string of the molecule is O=C(NC1CC1)C1CCCN1C(=O)c1nc(Cl)ccc1Cl. The molecule has 1 aliphatic carbocycles. The molecule has 1 saturated carbocycles. The Kier molecular flexibility index (Phi) is 4.04. The predicted molar refractivity (Wildman–Crippen MR) is 79.5 cm³/mol. The molecule has 1 N–H and O–H groups in total. The summed E-state index contributed by atoms with van der Waals surface area (Å²) in [5.41, 5.74) is 0.107. The second-order valence-electron chi connectivity index (χ2n) is 5.40. The number of carbonyl (C=O) groups excluding carboxylic acids is 2. The minimum Gasteiger partial charge on any atom is -0.352 e. The first-order chi connectivity index (χ1) is 10.1. The number of halogens is 2. The zero-order valence-corrected chi connectivity index (χ0v) is 12.8. The standard InChI is InChI=1S/C14H15Cl2N3O2/c15-9-5-6-11(16)18-12(9)14(21)19-7-1-2-10(19)13(20)17-8-3-4-8/h5-6,8,10H,1-4,7H2,(H,17,20). The molecule has 1 aromatic rings. The molecule has 1 unspecified atom stereocenters. The van der Waals surface area contributed by atoms with Crippen molar-refractivity contribution in [2.75, 3.05) is 6.54 Å². The Hall–Kier alpha value is -1.33. The van der Waals surface area contributed by atoms with Crippen molar-refractivity contribution < 1.29 is 9.59 Å². The third kappa shape index (κ3) is 3.14. The van der Waals surface area contributed by atoms with E-state index in [2.05, 4.69) is 10.3 Å². The molecule has 0 spiro atoms. The largest absolute Gasteiger partial charge is 0.352 e. The van der Waals surface area contributed by atoms with Gasteiger partial charge in [-0.3, -0.25) is 9.59 Å². The molecule has 2 fully saturated rings. The zero-order chi connectivity index (χ0) is 15.0. The van der Waals surface area contributed by atoms with Crippen LogP contribution in [0.5, 0.6) is 0 Å². The molecule has 5 nitrogen and oxygen atoms in total. The number of nitrogens with zero attached hydrogens (tertiary/aromatic N) is 2. The minimum atomic E-state index is -0.435. The number of hydrogen-bond donors (Lipinski definition) is 1.